The van der Waals surface area contributed by atoms with Crippen LogP contribution in [0.5, 0.6) is 5.75 Å². The molecule has 8 heteroatoms. The molecule has 0 bridgehead atoms. The van der Waals surface area contributed by atoms with E-state index >= 15 is 0 Å². The molecule has 0 saturated carbocycles. The monoisotopic (exact) mass is 543 g/mol. The molecule has 0 aliphatic carbocycles. The number of hydrogen-bond donors (Lipinski definition) is 0. The molecule has 0 atom stereocenters. The summed E-state index contributed by atoms with van der Waals surface area (Å²) < 4.78 is 9.43. The van der Waals surface area contributed by atoms with Crippen LogP contribution in [0.4, 0.5) is 0 Å². The zero-order chi connectivity index (χ0) is 27.5. The number of thiazole rings is 1. The van der Waals surface area contributed by atoms with Crippen molar-refractivity contribution in [2.45, 2.75) is 6.92 Å². The third-order valence-corrected chi connectivity index (χ3v) is 7.25. The number of para-hydroxylation sites is 1. The molecule has 3 aromatic carbocycles. The van der Waals surface area contributed by atoms with Crippen LogP contribution in [0, 0.1) is 6.92 Å². The van der Waals surface area contributed by atoms with E-state index in [4.69, 9.17) is 9.84 Å². The lowest BCUT2D eigenvalue weighted by Gasteiger charge is -2.08. The second-order valence-electron chi connectivity index (χ2n) is 9.11. The summed E-state index contributed by atoms with van der Waals surface area (Å²) in [6, 6.07) is 25.7. The Morgan fingerprint density at radius 1 is 0.975 bits per heavy atom. The van der Waals surface area contributed by atoms with Crippen molar-refractivity contribution in [1.82, 2.24) is 24.4 Å². The van der Waals surface area contributed by atoms with Crippen LogP contribution in [-0.2, 0) is 0 Å². The van der Waals surface area contributed by atoms with Crippen molar-refractivity contribution in [3.63, 3.8) is 0 Å². The van der Waals surface area contributed by atoms with Crippen LogP contribution in [0.1, 0.15) is 22.5 Å². The second kappa shape index (κ2) is 11.0. The summed E-state index contributed by atoms with van der Waals surface area (Å²) in [5, 5.41) is 9.35. The maximum absolute atomic E-state index is 13.3. The summed E-state index contributed by atoms with van der Waals surface area (Å²) in [7, 11) is 0. The molecule has 0 spiro atoms. The van der Waals surface area contributed by atoms with Crippen molar-refractivity contribution in [3.8, 4) is 22.7 Å². The van der Waals surface area contributed by atoms with E-state index in [1.54, 1.807) is 6.08 Å². The van der Waals surface area contributed by atoms with Gasteiger partial charge in [0.05, 0.1) is 10.2 Å². The van der Waals surface area contributed by atoms with Crippen molar-refractivity contribution in [3.05, 3.63) is 135 Å². The highest BCUT2D eigenvalue weighted by atomic mass is 32.1. The molecule has 0 N–H and O–H groups in total. The summed E-state index contributed by atoms with van der Waals surface area (Å²) in [5.74, 6) is 1.25. The van der Waals surface area contributed by atoms with Gasteiger partial charge in [0.15, 0.2) is 5.82 Å². The van der Waals surface area contributed by atoms with Gasteiger partial charge in [-0.25, -0.2) is 4.68 Å². The number of nitrogens with zero attached hydrogens (tertiary/aromatic N) is 5. The first-order chi connectivity index (χ1) is 19.6. The lowest BCUT2D eigenvalue weighted by molar-refractivity contribution is 0.363. The van der Waals surface area contributed by atoms with Crippen LogP contribution in [-0.4, -0.2) is 31.0 Å². The van der Waals surface area contributed by atoms with Crippen LogP contribution >= 0.6 is 11.3 Å². The minimum Gasteiger partial charge on any atom is -0.490 e. The molecule has 7 nitrogen and oxygen atoms in total. The SMILES string of the molecule is C=CCOc1ccc(-c2nn(-c3ccccc3)cc2/C=c2\sc3nc(/C=C/c4ccccc4)nn3c2=O)c(C)c1. The molecule has 0 amide bonds. The van der Waals surface area contributed by atoms with E-state index in [0.717, 1.165) is 39.4 Å². The average Bonchev–Trinajstić information content (AvgIpc) is 3.66. The number of aromatic nitrogens is 5. The Balaban J connectivity index is 1.42. The molecule has 3 aromatic heterocycles. The fraction of sp³-hybridized carbons (Fsp3) is 0.0625. The average molecular weight is 544 g/mol. The highest BCUT2D eigenvalue weighted by Gasteiger charge is 2.16. The summed E-state index contributed by atoms with van der Waals surface area (Å²) in [4.78, 5) is 18.4. The molecule has 6 rings (SSSR count). The number of fused-ring (bicyclic) bond motifs is 1. The van der Waals surface area contributed by atoms with E-state index in [2.05, 4.69) is 16.7 Å². The van der Waals surface area contributed by atoms with Crippen molar-refractivity contribution in [2.24, 2.45) is 0 Å². The predicted octanol–water partition coefficient (Wildman–Crippen LogP) is 5.60. The number of ether oxygens (including phenoxy) is 1. The van der Waals surface area contributed by atoms with Gasteiger partial charge in [-0.05, 0) is 60.5 Å². The standard InChI is InChI=1S/C32H25N5O2S/c1-3-18-39-26-15-16-27(22(2)19-26)30-24(21-36(35-30)25-12-8-5-9-13-25)20-28-31(38)37-32(40-28)33-29(34-37)17-14-23-10-6-4-7-11-23/h3-17,19-21H,1,18H2,2H3/b17-14+,28-20-. The first-order valence-electron chi connectivity index (χ1n) is 12.7. The van der Waals surface area contributed by atoms with Crippen LogP contribution in [0.25, 0.3) is 40.1 Å². The van der Waals surface area contributed by atoms with Gasteiger partial charge in [-0.1, -0.05) is 78.6 Å². The molecule has 0 aliphatic rings. The van der Waals surface area contributed by atoms with Crippen LogP contribution in [0.15, 0.2) is 103 Å². The van der Waals surface area contributed by atoms with Crippen molar-refractivity contribution in [1.29, 1.82) is 0 Å². The molecule has 0 unspecified atom stereocenters. The Hall–Kier alpha value is -5.08. The Labute approximate surface area is 234 Å². The van der Waals surface area contributed by atoms with Crippen molar-refractivity contribution in [2.75, 3.05) is 6.61 Å². The maximum Gasteiger partial charge on any atom is 0.291 e. The predicted molar refractivity (Wildman–Crippen MR) is 161 cm³/mol. The smallest absolute Gasteiger partial charge is 0.291 e. The zero-order valence-corrected chi connectivity index (χ0v) is 22.6. The molecule has 196 valence electrons. The lowest BCUT2D eigenvalue weighted by Crippen LogP contribution is -2.23. The third kappa shape index (κ3) is 5.12. The van der Waals surface area contributed by atoms with Gasteiger partial charge in [0, 0.05) is 17.3 Å². The van der Waals surface area contributed by atoms with Gasteiger partial charge in [-0.2, -0.15) is 14.6 Å². The number of benzene rings is 3. The molecule has 0 saturated heterocycles. The first-order valence-corrected chi connectivity index (χ1v) is 13.5. The molecular weight excluding hydrogens is 518 g/mol. The first kappa shape index (κ1) is 25.2. The Kier molecular flexibility index (Phi) is 6.91. The Bertz CT molecular complexity index is 1950. The minimum atomic E-state index is -0.213. The molecule has 0 radical (unpaired) electrons. The van der Waals surface area contributed by atoms with Crippen molar-refractivity contribution < 1.29 is 4.74 Å². The van der Waals surface area contributed by atoms with Gasteiger partial charge >= 0.3 is 0 Å². The second-order valence-corrected chi connectivity index (χ2v) is 10.1. The summed E-state index contributed by atoms with van der Waals surface area (Å²) in [6.07, 6.45) is 9.26. The molecule has 3 heterocycles. The zero-order valence-electron chi connectivity index (χ0n) is 21.8. The number of aryl methyl sites for hydroxylation is 1. The van der Waals surface area contributed by atoms with E-state index in [9.17, 15) is 4.79 Å². The van der Waals surface area contributed by atoms with E-state index in [1.807, 2.05) is 115 Å². The van der Waals surface area contributed by atoms with E-state index < -0.39 is 0 Å². The van der Waals surface area contributed by atoms with E-state index in [1.165, 1.54) is 15.9 Å². The van der Waals surface area contributed by atoms with E-state index in [-0.39, 0.29) is 5.56 Å². The van der Waals surface area contributed by atoms with Gasteiger partial charge in [0.1, 0.15) is 18.1 Å². The molecule has 6 aromatic rings. The Morgan fingerprint density at radius 3 is 2.48 bits per heavy atom. The van der Waals surface area contributed by atoms with Crippen LogP contribution in [0.2, 0.25) is 0 Å². The van der Waals surface area contributed by atoms with Gasteiger partial charge in [0.25, 0.3) is 5.56 Å². The largest absolute Gasteiger partial charge is 0.490 e. The summed E-state index contributed by atoms with van der Waals surface area (Å²) in [5.41, 5.74) is 5.29. The highest BCUT2D eigenvalue weighted by molar-refractivity contribution is 7.15. The van der Waals surface area contributed by atoms with Gasteiger partial charge in [-0.15, -0.1) is 5.10 Å². The fourth-order valence-electron chi connectivity index (χ4n) is 4.36. The quantitative estimate of drug-likeness (QED) is 0.234. The summed E-state index contributed by atoms with van der Waals surface area (Å²) in [6.45, 7) is 6.17. The van der Waals surface area contributed by atoms with Gasteiger partial charge < -0.3 is 4.74 Å². The van der Waals surface area contributed by atoms with Crippen LogP contribution in [0.3, 0.4) is 0 Å². The van der Waals surface area contributed by atoms with Crippen molar-refractivity contribution >= 4 is 34.5 Å². The minimum absolute atomic E-state index is 0.213. The normalized spacial score (nSPS) is 12.0. The molecule has 0 fully saturated rings. The van der Waals surface area contributed by atoms with Gasteiger partial charge in [-0.3, -0.25) is 4.79 Å². The molecule has 40 heavy (non-hydrogen) atoms. The van der Waals surface area contributed by atoms with Crippen LogP contribution < -0.4 is 14.8 Å². The van der Waals surface area contributed by atoms with E-state index in [0.29, 0.717) is 21.9 Å². The fourth-order valence-corrected chi connectivity index (χ4v) is 5.26. The lowest BCUT2D eigenvalue weighted by atomic mass is 10.0. The third-order valence-electron chi connectivity index (χ3n) is 6.29. The molecule has 0 aliphatic heterocycles. The molecular formula is C32H25N5O2S. The summed E-state index contributed by atoms with van der Waals surface area (Å²) >= 11 is 1.31. The number of hydrogen-bond acceptors (Lipinski definition) is 6. The van der Waals surface area contributed by atoms with Gasteiger partial charge in [0.2, 0.25) is 4.96 Å². The Morgan fingerprint density at radius 2 is 1.75 bits per heavy atom. The number of rotatable bonds is 8. The maximum atomic E-state index is 13.3. The topological polar surface area (TPSA) is 74.3 Å². The highest BCUT2D eigenvalue weighted by Crippen LogP contribution is 2.30.